The second kappa shape index (κ2) is 5.93. The first-order chi connectivity index (χ1) is 9.04. The molecule has 0 heterocycles. The lowest BCUT2D eigenvalue weighted by Gasteiger charge is -2.24. The van der Waals surface area contributed by atoms with Crippen LogP contribution in [0.4, 0.5) is 0 Å². The molecule has 2 aliphatic carbocycles. The van der Waals surface area contributed by atoms with Crippen molar-refractivity contribution in [2.24, 2.45) is 23.7 Å². The Morgan fingerprint density at radius 2 is 1.84 bits per heavy atom. The fourth-order valence-electron chi connectivity index (χ4n) is 3.89. The molecule has 4 heteroatoms. The molecule has 108 valence electrons. The number of carbonyl (C=O) groups excluding carboxylic acids is 1. The van der Waals surface area contributed by atoms with Crippen LogP contribution in [0.5, 0.6) is 0 Å². The molecule has 2 fully saturated rings. The van der Waals surface area contributed by atoms with Crippen LogP contribution in [0, 0.1) is 23.7 Å². The zero-order chi connectivity index (χ0) is 14.0. The molecule has 0 aromatic heterocycles. The molecule has 0 radical (unpaired) electrons. The van der Waals surface area contributed by atoms with Gasteiger partial charge in [0.15, 0.2) is 0 Å². The van der Waals surface area contributed by atoms with Gasteiger partial charge in [-0.3, -0.25) is 9.59 Å². The molecule has 5 atom stereocenters. The van der Waals surface area contributed by atoms with E-state index in [1.807, 2.05) is 0 Å². The molecule has 2 saturated carbocycles. The van der Waals surface area contributed by atoms with E-state index in [9.17, 15) is 9.59 Å². The third-order valence-corrected chi connectivity index (χ3v) is 5.25. The van der Waals surface area contributed by atoms with E-state index < -0.39 is 11.9 Å². The first-order valence-electron chi connectivity index (χ1n) is 7.57. The van der Waals surface area contributed by atoms with Crippen LogP contribution in [0.3, 0.4) is 0 Å². The van der Waals surface area contributed by atoms with E-state index >= 15 is 0 Å². The minimum absolute atomic E-state index is 0.0292. The summed E-state index contributed by atoms with van der Waals surface area (Å²) in [5.41, 5.74) is 0. The van der Waals surface area contributed by atoms with Crippen LogP contribution >= 0.6 is 0 Å². The molecule has 0 aliphatic heterocycles. The largest absolute Gasteiger partial charge is 0.481 e. The molecule has 2 N–H and O–H groups in total. The summed E-state index contributed by atoms with van der Waals surface area (Å²) >= 11 is 0. The summed E-state index contributed by atoms with van der Waals surface area (Å²) in [6, 6.07) is 0.243. The van der Waals surface area contributed by atoms with Gasteiger partial charge in [0.2, 0.25) is 5.91 Å². The van der Waals surface area contributed by atoms with Gasteiger partial charge in [0, 0.05) is 6.04 Å². The van der Waals surface area contributed by atoms with E-state index in [4.69, 9.17) is 5.11 Å². The van der Waals surface area contributed by atoms with Crippen molar-refractivity contribution < 1.29 is 14.7 Å². The zero-order valence-electron chi connectivity index (χ0n) is 11.9. The van der Waals surface area contributed by atoms with Crippen molar-refractivity contribution in [3.63, 3.8) is 0 Å². The maximum atomic E-state index is 12.3. The average Bonchev–Trinajstić information content (AvgIpc) is 2.97. The summed E-state index contributed by atoms with van der Waals surface area (Å²) in [6.45, 7) is 4.40. The van der Waals surface area contributed by atoms with Gasteiger partial charge in [-0.25, -0.2) is 0 Å². The zero-order valence-corrected chi connectivity index (χ0v) is 11.9. The van der Waals surface area contributed by atoms with Crippen LogP contribution in [0.1, 0.15) is 52.4 Å². The van der Waals surface area contributed by atoms with Gasteiger partial charge in [-0.05, 0) is 37.5 Å². The summed E-state index contributed by atoms with van der Waals surface area (Å²) in [6.07, 6.45) is 5.60. The minimum atomic E-state index is -0.816. The topological polar surface area (TPSA) is 66.4 Å². The minimum Gasteiger partial charge on any atom is -0.481 e. The van der Waals surface area contributed by atoms with Crippen LogP contribution in [-0.2, 0) is 9.59 Å². The summed E-state index contributed by atoms with van der Waals surface area (Å²) in [4.78, 5) is 23.4. The van der Waals surface area contributed by atoms with E-state index in [-0.39, 0.29) is 17.9 Å². The van der Waals surface area contributed by atoms with Gasteiger partial charge < -0.3 is 10.4 Å². The smallest absolute Gasteiger partial charge is 0.307 e. The molecule has 0 bridgehead atoms. The van der Waals surface area contributed by atoms with E-state index in [1.165, 1.54) is 6.42 Å². The lowest BCUT2D eigenvalue weighted by Crippen LogP contribution is -2.43. The number of hydrogen-bond donors (Lipinski definition) is 2. The summed E-state index contributed by atoms with van der Waals surface area (Å²) in [5.74, 6) is -0.422. The Bertz CT molecular complexity index is 355. The highest BCUT2D eigenvalue weighted by molar-refractivity contribution is 5.85. The maximum absolute atomic E-state index is 12.3. The van der Waals surface area contributed by atoms with Gasteiger partial charge in [-0.1, -0.05) is 26.7 Å². The fourth-order valence-corrected chi connectivity index (χ4v) is 3.89. The number of amides is 1. The summed E-state index contributed by atoms with van der Waals surface area (Å²) in [5, 5.41) is 12.3. The summed E-state index contributed by atoms with van der Waals surface area (Å²) in [7, 11) is 0. The van der Waals surface area contributed by atoms with Crippen molar-refractivity contribution in [3.8, 4) is 0 Å². The molecule has 3 unspecified atom stereocenters. The van der Waals surface area contributed by atoms with Gasteiger partial charge in [0.05, 0.1) is 11.8 Å². The molecule has 0 aromatic carbocycles. The van der Waals surface area contributed by atoms with Gasteiger partial charge in [-0.2, -0.15) is 0 Å². The van der Waals surface area contributed by atoms with Gasteiger partial charge in [0.1, 0.15) is 0 Å². The number of carboxylic acids is 1. The Balaban J connectivity index is 1.92. The normalized spacial score (nSPS) is 38.3. The average molecular weight is 267 g/mol. The van der Waals surface area contributed by atoms with Crippen LogP contribution < -0.4 is 5.32 Å². The van der Waals surface area contributed by atoms with Gasteiger partial charge in [0.25, 0.3) is 0 Å². The summed E-state index contributed by atoms with van der Waals surface area (Å²) < 4.78 is 0. The highest BCUT2D eigenvalue weighted by atomic mass is 16.4. The van der Waals surface area contributed by atoms with Gasteiger partial charge in [-0.15, -0.1) is 0 Å². The van der Waals surface area contributed by atoms with Gasteiger partial charge >= 0.3 is 5.97 Å². The Morgan fingerprint density at radius 1 is 1.16 bits per heavy atom. The standard InChI is InChI=1S/C15H25NO3/c1-3-10-7-8-13(9(10)2)16-14(17)11-5-4-6-12(11)15(18)19/h9-13H,3-8H2,1-2H3,(H,16,17)(H,18,19)/t9?,10?,11-,12+,13?/m1/s1. The Hall–Kier alpha value is -1.06. The molecule has 1 amide bonds. The van der Waals surface area contributed by atoms with Crippen LogP contribution in [0.25, 0.3) is 0 Å². The number of aliphatic carboxylic acids is 1. The second-order valence-electron chi connectivity index (χ2n) is 6.20. The van der Waals surface area contributed by atoms with Crippen molar-refractivity contribution in [3.05, 3.63) is 0 Å². The number of carboxylic acid groups (broad SMARTS) is 1. The highest BCUT2D eigenvalue weighted by Crippen LogP contribution is 2.36. The van der Waals surface area contributed by atoms with Crippen molar-refractivity contribution in [2.45, 2.75) is 58.4 Å². The van der Waals surface area contributed by atoms with Crippen LogP contribution in [0.15, 0.2) is 0 Å². The predicted molar refractivity (Wildman–Crippen MR) is 72.6 cm³/mol. The van der Waals surface area contributed by atoms with Crippen molar-refractivity contribution in [1.82, 2.24) is 5.32 Å². The fraction of sp³-hybridized carbons (Fsp3) is 0.867. The lowest BCUT2D eigenvalue weighted by atomic mass is 9.92. The van der Waals surface area contributed by atoms with E-state index in [1.54, 1.807) is 0 Å². The molecule has 2 aliphatic rings. The van der Waals surface area contributed by atoms with Crippen molar-refractivity contribution in [2.75, 3.05) is 0 Å². The maximum Gasteiger partial charge on any atom is 0.307 e. The third kappa shape index (κ3) is 2.93. The second-order valence-corrected chi connectivity index (χ2v) is 6.20. The number of rotatable bonds is 4. The lowest BCUT2D eigenvalue weighted by molar-refractivity contribution is -0.146. The monoisotopic (exact) mass is 267 g/mol. The number of nitrogens with one attached hydrogen (secondary N) is 1. The predicted octanol–water partition coefficient (Wildman–Crippen LogP) is 2.43. The Morgan fingerprint density at radius 3 is 2.42 bits per heavy atom. The Kier molecular flexibility index (Phi) is 4.48. The molecule has 19 heavy (non-hydrogen) atoms. The molecule has 0 aromatic rings. The van der Waals surface area contributed by atoms with E-state index in [2.05, 4.69) is 19.2 Å². The SMILES string of the molecule is CCC1CCC(NC(=O)[C@@H]2CCC[C@@H]2C(=O)O)C1C. The van der Waals surface area contributed by atoms with Crippen LogP contribution in [-0.4, -0.2) is 23.0 Å². The van der Waals surface area contributed by atoms with Crippen LogP contribution in [0.2, 0.25) is 0 Å². The molecule has 2 rings (SSSR count). The van der Waals surface area contributed by atoms with E-state index in [0.717, 1.165) is 25.7 Å². The number of hydrogen-bond acceptors (Lipinski definition) is 2. The molecular formula is C15H25NO3. The molecular weight excluding hydrogens is 242 g/mol. The first kappa shape index (κ1) is 14.4. The third-order valence-electron chi connectivity index (χ3n) is 5.25. The first-order valence-corrected chi connectivity index (χ1v) is 7.57. The van der Waals surface area contributed by atoms with Crippen molar-refractivity contribution in [1.29, 1.82) is 0 Å². The number of carbonyl (C=O) groups is 2. The van der Waals surface area contributed by atoms with Crippen molar-refractivity contribution >= 4 is 11.9 Å². The molecule has 0 spiro atoms. The van der Waals surface area contributed by atoms with E-state index in [0.29, 0.717) is 18.3 Å². The highest BCUT2D eigenvalue weighted by Gasteiger charge is 2.40. The quantitative estimate of drug-likeness (QED) is 0.822. The Labute approximate surface area is 115 Å². The molecule has 4 nitrogen and oxygen atoms in total. The molecule has 0 saturated heterocycles.